The molecule has 2 aromatic carbocycles. The van der Waals surface area contributed by atoms with Crippen LogP contribution >= 0.6 is 11.6 Å². The Morgan fingerprint density at radius 1 is 0.982 bits per heavy atom. The highest BCUT2D eigenvalue weighted by atomic mass is 35.5. The number of carboxylic acids is 1. The maximum absolute atomic E-state index is 14.6. The van der Waals surface area contributed by atoms with Gasteiger partial charge in [0.1, 0.15) is 5.82 Å². The summed E-state index contributed by atoms with van der Waals surface area (Å²) in [5.74, 6) is -1.23. The van der Waals surface area contributed by atoms with Crippen molar-refractivity contribution in [3.63, 3.8) is 0 Å². The van der Waals surface area contributed by atoms with Crippen molar-refractivity contribution >= 4 is 29.3 Å². The molecule has 0 saturated carbocycles. The van der Waals surface area contributed by atoms with Gasteiger partial charge in [-0.25, -0.2) is 4.98 Å². The van der Waals surface area contributed by atoms with Gasteiger partial charge in [-0.3, -0.25) is 14.5 Å². The van der Waals surface area contributed by atoms with E-state index in [4.69, 9.17) is 26.1 Å². The largest absolute Gasteiger partial charge is 0.481 e. The zero-order valence-corrected chi connectivity index (χ0v) is 31.2. The number of benzene rings is 2. The molecule has 290 valence electrons. The number of halogens is 4. The summed E-state index contributed by atoms with van der Waals surface area (Å²) in [6.45, 7) is 1.93. The molecule has 4 aromatic rings. The van der Waals surface area contributed by atoms with Gasteiger partial charge in [-0.2, -0.15) is 18.2 Å². The minimum atomic E-state index is -4.71. The van der Waals surface area contributed by atoms with Crippen molar-refractivity contribution in [2.24, 2.45) is 5.92 Å². The lowest BCUT2D eigenvalue weighted by molar-refractivity contribution is -0.141. The van der Waals surface area contributed by atoms with Crippen LogP contribution in [-0.4, -0.2) is 71.7 Å². The molecule has 2 aliphatic heterocycles. The van der Waals surface area contributed by atoms with Gasteiger partial charge >= 0.3 is 12.1 Å². The van der Waals surface area contributed by atoms with Gasteiger partial charge in [-0.05, 0) is 61.1 Å². The van der Waals surface area contributed by atoms with Crippen LogP contribution in [0.1, 0.15) is 59.5 Å². The number of carbonyl (C=O) groups is 2. The number of anilines is 1. The van der Waals surface area contributed by atoms with Crippen LogP contribution in [0.15, 0.2) is 54.6 Å². The SMILES string of the molecule is COc1nc(-c2cccc(-c3cccc4c3CC[C@@H]4Nc3nc(OC)c(CN4CC[C@H](C(=O)O)C4)cc3C(F)(F)F)c2Cl)ccc1CNC[C@@H]1CCC(=O)N1. The van der Waals surface area contributed by atoms with Crippen molar-refractivity contribution in [3.8, 4) is 34.1 Å². The second-order valence-corrected chi connectivity index (χ2v) is 14.6. The lowest BCUT2D eigenvalue weighted by atomic mass is 9.94. The third-order valence-corrected chi connectivity index (χ3v) is 11.1. The van der Waals surface area contributed by atoms with Crippen LogP contribution in [0.5, 0.6) is 11.8 Å². The van der Waals surface area contributed by atoms with Gasteiger partial charge in [0, 0.05) is 60.9 Å². The molecule has 4 N–H and O–H groups in total. The zero-order valence-electron chi connectivity index (χ0n) is 30.4. The molecular weight excluding hydrogens is 737 g/mol. The highest BCUT2D eigenvalue weighted by Crippen LogP contribution is 2.45. The van der Waals surface area contributed by atoms with Crippen LogP contribution in [0.25, 0.3) is 22.4 Å². The summed E-state index contributed by atoms with van der Waals surface area (Å²) in [7, 11) is 2.92. The Bertz CT molecular complexity index is 2100. The summed E-state index contributed by atoms with van der Waals surface area (Å²) in [4.78, 5) is 33.9. The number of hydrogen-bond donors (Lipinski definition) is 4. The molecule has 0 spiro atoms. The summed E-state index contributed by atoms with van der Waals surface area (Å²) >= 11 is 7.13. The minimum absolute atomic E-state index is 0.0541. The van der Waals surface area contributed by atoms with Crippen LogP contribution in [0.4, 0.5) is 19.0 Å². The van der Waals surface area contributed by atoms with Crippen molar-refractivity contribution in [1.82, 2.24) is 25.5 Å². The smallest absolute Gasteiger partial charge is 0.419 e. The Morgan fingerprint density at radius 2 is 1.73 bits per heavy atom. The Balaban J connectivity index is 1.12. The van der Waals surface area contributed by atoms with Crippen molar-refractivity contribution < 1.29 is 37.3 Å². The van der Waals surface area contributed by atoms with E-state index < -0.39 is 29.7 Å². The molecule has 0 radical (unpaired) electrons. The molecule has 3 aliphatic rings. The third-order valence-electron chi connectivity index (χ3n) is 10.6. The molecule has 11 nitrogen and oxygen atoms in total. The molecule has 15 heteroatoms. The number of ether oxygens (including phenoxy) is 2. The number of rotatable bonds is 13. The number of alkyl halides is 3. The predicted octanol–water partition coefficient (Wildman–Crippen LogP) is 6.87. The molecule has 1 amide bonds. The molecule has 2 saturated heterocycles. The first-order valence-electron chi connectivity index (χ1n) is 18.2. The first kappa shape index (κ1) is 38.4. The van der Waals surface area contributed by atoms with E-state index in [2.05, 4.69) is 20.9 Å². The van der Waals surface area contributed by atoms with Crippen molar-refractivity contribution in [1.29, 1.82) is 0 Å². The van der Waals surface area contributed by atoms with E-state index in [1.165, 1.54) is 7.11 Å². The summed E-state index contributed by atoms with van der Waals surface area (Å²) in [5.41, 5.74) is 4.99. The van der Waals surface area contributed by atoms with E-state index in [-0.39, 0.29) is 42.3 Å². The third kappa shape index (κ3) is 8.21. The molecule has 2 aromatic heterocycles. The van der Waals surface area contributed by atoms with E-state index >= 15 is 0 Å². The van der Waals surface area contributed by atoms with Crippen LogP contribution in [0.3, 0.4) is 0 Å². The van der Waals surface area contributed by atoms with Crippen molar-refractivity contribution in [2.75, 3.05) is 39.2 Å². The second kappa shape index (κ2) is 16.0. The molecule has 1 aliphatic carbocycles. The monoisotopic (exact) mass is 778 g/mol. The fourth-order valence-electron chi connectivity index (χ4n) is 7.87. The Hall–Kier alpha value is -4.92. The number of fused-ring (bicyclic) bond motifs is 1. The minimum Gasteiger partial charge on any atom is -0.481 e. The summed E-state index contributed by atoms with van der Waals surface area (Å²) in [5, 5.41) is 19.3. The van der Waals surface area contributed by atoms with E-state index in [9.17, 15) is 27.9 Å². The summed E-state index contributed by atoms with van der Waals surface area (Å²) in [6, 6.07) is 16.0. The van der Waals surface area contributed by atoms with E-state index in [1.807, 2.05) is 53.4 Å². The van der Waals surface area contributed by atoms with Gasteiger partial charge in [0.05, 0.1) is 42.5 Å². The van der Waals surface area contributed by atoms with Crippen molar-refractivity contribution in [2.45, 2.75) is 63.5 Å². The second-order valence-electron chi connectivity index (χ2n) is 14.2. The Morgan fingerprint density at radius 3 is 2.44 bits per heavy atom. The molecule has 2 fully saturated rings. The number of aliphatic carboxylic acids is 1. The Kier molecular flexibility index (Phi) is 11.2. The fourth-order valence-corrected chi connectivity index (χ4v) is 8.20. The maximum atomic E-state index is 14.6. The number of likely N-dealkylation sites (tertiary alicyclic amines) is 1. The molecule has 55 heavy (non-hydrogen) atoms. The quantitative estimate of drug-likeness (QED) is 0.114. The topological polar surface area (TPSA) is 138 Å². The van der Waals surface area contributed by atoms with E-state index in [0.29, 0.717) is 67.5 Å². The lowest BCUT2D eigenvalue weighted by Gasteiger charge is -2.23. The first-order valence-corrected chi connectivity index (χ1v) is 18.6. The van der Waals surface area contributed by atoms with Crippen LogP contribution in [0.2, 0.25) is 5.02 Å². The van der Waals surface area contributed by atoms with Gasteiger partial charge in [0.25, 0.3) is 0 Å². The van der Waals surface area contributed by atoms with E-state index in [1.54, 1.807) is 7.11 Å². The zero-order chi connectivity index (χ0) is 38.9. The van der Waals surface area contributed by atoms with Gasteiger partial charge in [0.2, 0.25) is 17.7 Å². The number of pyridine rings is 2. The number of methoxy groups -OCH3 is 2. The highest BCUT2D eigenvalue weighted by molar-refractivity contribution is 6.36. The van der Waals surface area contributed by atoms with E-state index in [0.717, 1.165) is 40.3 Å². The average molecular weight is 779 g/mol. The maximum Gasteiger partial charge on any atom is 0.419 e. The summed E-state index contributed by atoms with van der Waals surface area (Å²) < 4.78 is 54.8. The summed E-state index contributed by atoms with van der Waals surface area (Å²) in [6.07, 6.45) is -1.81. The van der Waals surface area contributed by atoms with Gasteiger partial charge < -0.3 is 30.5 Å². The Labute approximate surface area is 321 Å². The number of carbonyl (C=O) groups excluding carboxylic acids is 1. The number of hydrogen-bond acceptors (Lipinski definition) is 9. The van der Waals surface area contributed by atoms with Gasteiger partial charge in [-0.15, -0.1) is 0 Å². The molecule has 3 atom stereocenters. The standard InChI is InChI=1S/C40H42ClF3N6O5/c1-54-37-22(18-45-19-25-10-14-34(51)46-25)9-12-33(48-37)30-8-4-7-29(35(30)41)26-5-3-6-28-27(26)11-13-32(28)47-36-31(40(42,43)44)17-24(38(49-36)55-2)21-50-16-15-23(20-50)39(52)53/h3-9,12,17,23,25,32,45H,10-11,13-16,18-21H2,1-2H3,(H,46,51)(H,47,49)(H,52,53)/t23-,25-,32-/m0/s1. The van der Waals surface area contributed by atoms with Gasteiger partial charge in [0.15, 0.2) is 0 Å². The van der Waals surface area contributed by atoms with Crippen molar-refractivity contribution in [3.05, 3.63) is 87.4 Å². The number of nitrogens with zero attached hydrogens (tertiary/aromatic N) is 3. The van der Waals surface area contributed by atoms with Crippen LogP contribution in [-0.2, 0) is 35.3 Å². The molecule has 7 rings (SSSR count). The normalized spacial score (nSPS) is 19.7. The highest BCUT2D eigenvalue weighted by Gasteiger charge is 2.38. The molecular formula is C40H42ClF3N6O5. The molecule has 4 heterocycles. The average Bonchev–Trinajstić information content (AvgIpc) is 3.92. The predicted molar refractivity (Wildman–Crippen MR) is 201 cm³/mol. The van der Waals surface area contributed by atoms with Gasteiger partial charge in [-0.1, -0.05) is 54.1 Å². The van der Waals surface area contributed by atoms with Crippen LogP contribution < -0.4 is 25.4 Å². The fraction of sp³-hybridized carbons (Fsp3) is 0.400. The lowest BCUT2D eigenvalue weighted by Crippen LogP contribution is -2.35. The first-order chi connectivity index (χ1) is 26.4. The number of amides is 1. The van der Waals surface area contributed by atoms with Crippen LogP contribution in [0, 0.1) is 5.92 Å². The molecule has 0 unspecified atom stereocenters. The number of nitrogens with one attached hydrogen (secondary N) is 3. The number of carboxylic acid groups (broad SMARTS) is 1. The number of aromatic nitrogens is 2. The molecule has 0 bridgehead atoms.